The molecule has 0 aromatic heterocycles. The van der Waals surface area contributed by atoms with Gasteiger partial charge < -0.3 is 4.74 Å². The van der Waals surface area contributed by atoms with Crippen LogP contribution in [0.5, 0.6) is 5.75 Å². The molecule has 0 aliphatic heterocycles. The van der Waals surface area contributed by atoms with Crippen LogP contribution in [0.1, 0.15) is 10.4 Å². The van der Waals surface area contributed by atoms with E-state index in [1.165, 1.54) is 25.3 Å². The average Bonchev–Trinajstić information content (AvgIpc) is 2.47. The maximum Gasteiger partial charge on any atom is 0.261 e. The van der Waals surface area contributed by atoms with E-state index in [2.05, 4.69) is 4.72 Å². The molecule has 0 radical (unpaired) electrons. The van der Waals surface area contributed by atoms with E-state index in [1.807, 2.05) is 0 Å². The smallest absolute Gasteiger partial charge is 0.261 e. The quantitative estimate of drug-likeness (QED) is 0.858. The van der Waals surface area contributed by atoms with Crippen LogP contribution >= 0.6 is 0 Å². The van der Waals surface area contributed by atoms with E-state index in [0.717, 1.165) is 0 Å². The van der Waals surface area contributed by atoms with Gasteiger partial charge in [0.05, 0.1) is 12.0 Å². The predicted molar refractivity (Wildman–Crippen MR) is 75.6 cm³/mol. The van der Waals surface area contributed by atoms with Crippen molar-refractivity contribution in [1.82, 2.24) is 0 Å². The van der Waals surface area contributed by atoms with E-state index in [-0.39, 0.29) is 4.90 Å². The van der Waals surface area contributed by atoms with Crippen LogP contribution in [0.3, 0.4) is 0 Å². The van der Waals surface area contributed by atoms with E-state index < -0.39 is 10.0 Å². The SMILES string of the molecule is COc1ccc(S(=O)(=O)Nc2cccc(C=O)c2)cc1. The Kier molecular flexibility index (Phi) is 4.05. The van der Waals surface area contributed by atoms with Crippen molar-refractivity contribution in [3.05, 3.63) is 54.1 Å². The van der Waals surface area contributed by atoms with E-state index in [9.17, 15) is 13.2 Å². The Morgan fingerprint density at radius 1 is 1.10 bits per heavy atom. The molecule has 0 amide bonds. The van der Waals surface area contributed by atoms with Gasteiger partial charge in [-0.1, -0.05) is 12.1 Å². The first-order valence-corrected chi connectivity index (χ1v) is 7.25. The van der Waals surface area contributed by atoms with Gasteiger partial charge >= 0.3 is 0 Å². The number of rotatable bonds is 5. The standard InChI is InChI=1S/C14H13NO4S/c1-19-13-5-7-14(8-6-13)20(17,18)15-12-4-2-3-11(9-12)10-16/h2-10,15H,1H3. The summed E-state index contributed by atoms with van der Waals surface area (Å²) >= 11 is 0. The number of carbonyl (C=O) groups is 1. The minimum absolute atomic E-state index is 0.120. The molecule has 0 atom stereocenters. The molecule has 2 rings (SSSR count). The second-order valence-electron chi connectivity index (χ2n) is 4.02. The molecule has 2 aromatic carbocycles. The van der Waals surface area contributed by atoms with Crippen LogP contribution in [0.4, 0.5) is 5.69 Å². The highest BCUT2D eigenvalue weighted by Crippen LogP contribution is 2.19. The lowest BCUT2D eigenvalue weighted by Gasteiger charge is -2.09. The largest absolute Gasteiger partial charge is 0.497 e. The zero-order chi connectivity index (χ0) is 14.6. The third-order valence-corrected chi connectivity index (χ3v) is 4.04. The van der Waals surface area contributed by atoms with Crippen molar-refractivity contribution in [2.75, 3.05) is 11.8 Å². The van der Waals surface area contributed by atoms with Gasteiger partial charge in [0.25, 0.3) is 10.0 Å². The molecule has 0 saturated carbocycles. The number of aldehydes is 1. The first-order chi connectivity index (χ1) is 9.55. The maximum absolute atomic E-state index is 12.2. The van der Waals surface area contributed by atoms with Gasteiger partial charge in [-0.3, -0.25) is 9.52 Å². The van der Waals surface area contributed by atoms with Crippen molar-refractivity contribution in [3.8, 4) is 5.75 Å². The van der Waals surface area contributed by atoms with Gasteiger partial charge in [-0.25, -0.2) is 8.42 Å². The summed E-state index contributed by atoms with van der Waals surface area (Å²) in [6, 6.07) is 12.3. The monoisotopic (exact) mass is 291 g/mol. The zero-order valence-corrected chi connectivity index (χ0v) is 11.6. The molecule has 0 unspecified atom stereocenters. The summed E-state index contributed by atoms with van der Waals surface area (Å²) in [5.41, 5.74) is 0.741. The van der Waals surface area contributed by atoms with Crippen LogP contribution in [-0.2, 0) is 10.0 Å². The molecular formula is C14H13NO4S. The van der Waals surface area contributed by atoms with Crippen molar-refractivity contribution in [1.29, 1.82) is 0 Å². The van der Waals surface area contributed by atoms with E-state index >= 15 is 0 Å². The summed E-state index contributed by atoms with van der Waals surface area (Å²) in [4.78, 5) is 10.8. The van der Waals surface area contributed by atoms with Gasteiger partial charge in [-0.2, -0.15) is 0 Å². The number of sulfonamides is 1. The molecule has 104 valence electrons. The summed E-state index contributed by atoms with van der Waals surface area (Å²) in [5, 5.41) is 0. The molecule has 1 N–H and O–H groups in total. The lowest BCUT2D eigenvalue weighted by Crippen LogP contribution is -2.12. The Morgan fingerprint density at radius 2 is 1.80 bits per heavy atom. The van der Waals surface area contributed by atoms with Gasteiger partial charge in [0.2, 0.25) is 0 Å². The Labute approximate surface area is 117 Å². The van der Waals surface area contributed by atoms with Crippen LogP contribution < -0.4 is 9.46 Å². The van der Waals surface area contributed by atoms with Gasteiger partial charge in [-0.05, 0) is 36.4 Å². The normalized spacial score (nSPS) is 10.8. The number of hydrogen-bond acceptors (Lipinski definition) is 4. The molecular weight excluding hydrogens is 278 g/mol. The summed E-state index contributed by atoms with van der Waals surface area (Å²) in [6.45, 7) is 0. The molecule has 2 aromatic rings. The van der Waals surface area contributed by atoms with Crippen LogP contribution in [0, 0.1) is 0 Å². The average molecular weight is 291 g/mol. The van der Waals surface area contributed by atoms with Gasteiger partial charge in [-0.15, -0.1) is 0 Å². The van der Waals surface area contributed by atoms with Gasteiger partial charge in [0.15, 0.2) is 0 Å². The molecule has 0 saturated heterocycles. The molecule has 0 heterocycles. The molecule has 0 aliphatic rings. The number of carbonyl (C=O) groups excluding carboxylic acids is 1. The molecule has 0 spiro atoms. The lowest BCUT2D eigenvalue weighted by molar-refractivity contribution is 0.112. The number of methoxy groups -OCH3 is 1. The minimum Gasteiger partial charge on any atom is -0.497 e. The summed E-state index contributed by atoms with van der Waals surface area (Å²) in [5.74, 6) is 0.576. The third-order valence-electron chi connectivity index (χ3n) is 2.64. The summed E-state index contributed by atoms with van der Waals surface area (Å²) < 4.78 is 31.7. The first kappa shape index (κ1) is 14.1. The molecule has 0 bridgehead atoms. The minimum atomic E-state index is -3.68. The number of benzene rings is 2. The molecule has 20 heavy (non-hydrogen) atoms. The third kappa shape index (κ3) is 3.16. The fraction of sp³-hybridized carbons (Fsp3) is 0.0714. The van der Waals surface area contributed by atoms with E-state index in [0.29, 0.717) is 23.3 Å². The number of nitrogens with one attached hydrogen (secondary N) is 1. The molecule has 0 fully saturated rings. The lowest BCUT2D eigenvalue weighted by atomic mass is 10.2. The first-order valence-electron chi connectivity index (χ1n) is 5.77. The number of ether oxygens (including phenoxy) is 1. The second kappa shape index (κ2) is 5.75. The van der Waals surface area contributed by atoms with Gasteiger partial charge in [0, 0.05) is 11.3 Å². The highest BCUT2D eigenvalue weighted by Gasteiger charge is 2.14. The topological polar surface area (TPSA) is 72.5 Å². The van der Waals surface area contributed by atoms with Crippen molar-refractivity contribution in [3.63, 3.8) is 0 Å². The molecule has 5 nitrogen and oxygen atoms in total. The fourth-order valence-electron chi connectivity index (χ4n) is 1.64. The fourth-order valence-corrected chi connectivity index (χ4v) is 2.69. The van der Waals surface area contributed by atoms with E-state index in [4.69, 9.17) is 4.74 Å². The maximum atomic E-state index is 12.2. The van der Waals surface area contributed by atoms with E-state index in [1.54, 1.807) is 30.3 Å². The zero-order valence-electron chi connectivity index (χ0n) is 10.7. The van der Waals surface area contributed by atoms with Crippen LogP contribution in [0.25, 0.3) is 0 Å². The highest BCUT2D eigenvalue weighted by atomic mass is 32.2. The Bertz CT molecular complexity index is 708. The van der Waals surface area contributed by atoms with Crippen molar-refractivity contribution in [2.24, 2.45) is 0 Å². The van der Waals surface area contributed by atoms with Crippen molar-refractivity contribution >= 4 is 22.0 Å². The van der Waals surface area contributed by atoms with Crippen LogP contribution in [0.15, 0.2) is 53.4 Å². The Hall–Kier alpha value is -2.34. The van der Waals surface area contributed by atoms with Gasteiger partial charge in [0.1, 0.15) is 12.0 Å². The predicted octanol–water partition coefficient (Wildman–Crippen LogP) is 2.31. The summed E-state index contributed by atoms with van der Waals surface area (Å²) in [6.07, 6.45) is 0.658. The highest BCUT2D eigenvalue weighted by molar-refractivity contribution is 7.92. The molecule has 6 heteroatoms. The Morgan fingerprint density at radius 3 is 2.40 bits per heavy atom. The number of hydrogen-bond donors (Lipinski definition) is 1. The molecule has 0 aliphatic carbocycles. The number of anilines is 1. The van der Waals surface area contributed by atoms with Crippen LogP contribution in [-0.4, -0.2) is 21.8 Å². The second-order valence-corrected chi connectivity index (χ2v) is 5.71. The van der Waals surface area contributed by atoms with Crippen molar-refractivity contribution in [2.45, 2.75) is 4.90 Å². The van der Waals surface area contributed by atoms with Crippen LogP contribution in [0.2, 0.25) is 0 Å². The Balaban J connectivity index is 2.27. The summed E-state index contributed by atoms with van der Waals surface area (Å²) in [7, 11) is -2.18. The van der Waals surface area contributed by atoms with Crippen molar-refractivity contribution < 1.29 is 17.9 Å².